The van der Waals surface area contributed by atoms with Crippen molar-refractivity contribution in [3.8, 4) is 0 Å². The van der Waals surface area contributed by atoms with Crippen molar-refractivity contribution in [3.63, 3.8) is 0 Å². The lowest BCUT2D eigenvalue weighted by atomic mass is 10.1. The van der Waals surface area contributed by atoms with E-state index in [2.05, 4.69) is 44.3 Å². The molecular weight excluding hydrogens is 502 g/mol. The van der Waals surface area contributed by atoms with Crippen molar-refractivity contribution in [2.75, 3.05) is 38.2 Å². The molecule has 1 saturated heterocycles. The molecule has 5 rings (SSSR count). The molecule has 0 atom stereocenters. The highest BCUT2D eigenvalue weighted by Crippen LogP contribution is 2.40. The highest BCUT2D eigenvalue weighted by atomic mass is 79.9. The van der Waals surface area contributed by atoms with Gasteiger partial charge >= 0.3 is 0 Å². The number of carbonyl (C=O) groups is 1. The van der Waals surface area contributed by atoms with Gasteiger partial charge in [-0.25, -0.2) is 4.99 Å². The molecule has 0 aliphatic carbocycles. The minimum Gasteiger partial charge on any atom is -0.353 e. The maximum atomic E-state index is 13.2. The molecule has 8 heteroatoms. The normalized spacial score (nSPS) is 15.9. The molecule has 2 heterocycles. The van der Waals surface area contributed by atoms with Gasteiger partial charge in [-0.05, 0) is 61.6 Å². The van der Waals surface area contributed by atoms with Crippen molar-refractivity contribution in [1.29, 1.82) is 0 Å². The van der Waals surface area contributed by atoms with Gasteiger partial charge in [-0.1, -0.05) is 39.7 Å². The van der Waals surface area contributed by atoms with Crippen LogP contribution in [0.5, 0.6) is 0 Å². The van der Waals surface area contributed by atoms with E-state index in [9.17, 15) is 4.79 Å². The number of hydrogen-bond acceptors (Lipinski definition) is 5. The number of hydrazine groups is 1. The molecule has 1 N–H and O–H groups in total. The third-order valence-electron chi connectivity index (χ3n) is 5.91. The quantitative estimate of drug-likeness (QED) is 0.499. The number of anilines is 2. The van der Waals surface area contributed by atoms with Gasteiger partial charge in [-0.2, -0.15) is 0 Å². The second-order valence-electron chi connectivity index (χ2n) is 8.16. The molecule has 3 aromatic rings. The highest BCUT2D eigenvalue weighted by molar-refractivity contribution is 9.10. The first-order valence-corrected chi connectivity index (χ1v) is 11.9. The molecule has 3 aromatic carbocycles. The molecule has 0 radical (unpaired) electrons. The van der Waals surface area contributed by atoms with Gasteiger partial charge in [0.25, 0.3) is 5.91 Å². The lowest BCUT2D eigenvalue weighted by molar-refractivity contribution is 0.0954. The fourth-order valence-electron chi connectivity index (χ4n) is 4.08. The van der Waals surface area contributed by atoms with Crippen molar-refractivity contribution in [2.24, 2.45) is 4.99 Å². The molecule has 2 aliphatic heterocycles. The maximum Gasteiger partial charge on any atom is 0.270 e. The molecule has 33 heavy (non-hydrogen) atoms. The number of carbonyl (C=O) groups excluding carboxylic acids is 1. The molecule has 0 bridgehead atoms. The lowest BCUT2D eigenvalue weighted by Gasteiger charge is -2.35. The summed E-state index contributed by atoms with van der Waals surface area (Å²) in [6.07, 6.45) is 0. The van der Waals surface area contributed by atoms with Crippen molar-refractivity contribution >= 4 is 56.3 Å². The zero-order chi connectivity index (χ0) is 22.9. The molecule has 0 unspecified atom stereocenters. The monoisotopic (exact) mass is 523 g/mol. The number of amidine groups is 1. The van der Waals surface area contributed by atoms with Crippen LogP contribution < -0.4 is 10.4 Å². The van der Waals surface area contributed by atoms with Gasteiger partial charge in [0, 0.05) is 46.8 Å². The minimum atomic E-state index is -0.207. The van der Waals surface area contributed by atoms with E-state index < -0.39 is 0 Å². The molecular formula is C25H23BrClN5O. The van der Waals surface area contributed by atoms with Crippen LogP contribution in [0.4, 0.5) is 17.1 Å². The van der Waals surface area contributed by atoms with Crippen LogP contribution in [0.3, 0.4) is 0 Å². The molecule has 1 amide bonds. The smallest absolute Gasteiger partial charge is 0.270 e. The van der Waals surface area contributed by atoms with E-state index in [-0.39, 0.29) is 5.91 Å². The second kappa shape index (κ2) is 9.17. The summed E-state index contributed by atoms with van der Waals surface area (Å²) in [6, 6.07) is 20.9. The number of likely N-dealkylation sites (N-methyl/N-ethyl adjacent to an activating group) is 1. The number of rotatable bonds is 2. The van der Waals surface area contributed by atoms with Gasteiger partial charge in [-0.15, -0.1) is 0 Å². The van der Waals surface area contributed by atoms with E-state index in [0.717, 1.165) is 53.4 Å². The molecule has 168 valence electrons. The standard InChI is InChI=1S/C25H23BrClN5O/c1-30-12-14-31(15-13-30)24-20-4-2-3-5-22(20)32(23-11-10-19(27)16-21(23)28-24)29-25(33)17-6-8-18(26)9-7-17/h2-11,16H,12-15H2,1H3,(H,29,33). The number of piperazine rings is 1. The average Bonchev–Trinajstić information content (AvgIpc) is 2.95. The van der Waals surface area contributed by atoms with Crippen LogP contribution in [0.1, 0.15) is 15.9 Å². The van der Waals surface area contributed by atoms with Crippen LogP contribution in [0.15, 0.2) is 76.2 Å². The van der Waals surface area contributed by atoms with Crippen molar-refractivity contribution in [1.82, 2.24) is 15.2 Å². The van der Waals surface area contributed by atoms with E-state index >= 15 is 0 Å². The van der Waals surface area contributed by atoms with Crippen molar-refractivity contribution in [2.45, 2.75) is 0 Å². The fourth-order valence-corrected chi connectivity index (χ4v) is 4.51. The van der Waals surface area contributed by atoms with E-state index in [1.165, 1.54) is 0 Å². The summed E-state index contributed by atoms with van der Waals surface area (Å²) >= 11 is 9.78. The summed E-state index contributed by atoms with van der Waals surface area (Å²) in [5.41, 5.74) is 6.96. The van der Waals surface area contributed by atoms with E-state index in [4.69, 9.17) is 16.6 Å². The number of aliphatic imine (C=N–C) groups is 1. The van der Waals surface area contributed by atoms with Crippen LogP contribution in [0.25, 0.3) is 0 Å². The fraction of sp³-hybridized carbons (Fsp3) is 0.200. The lowest BCUT2D eigenvalue weighted by Crippen LogP contribution is -2.47. The summed E-state index contributed by atoms with van der Waals surface area (Å²) in [6.45, 7) is 3.69. The third kappa shape index (κ3) is 4.49. The largest absolute Gasteiger partial charge is 0.353 e. The Morgan fingerprint density at radius 2 is 1.70 bits per heavy atom. The van der Waals surface area contributed by atoms with Crippen molar-refractivity contribution < 1.29 is 4.79 Å². The number of nitrogens with one attached hydrogen (secondary N) is 1. The van der Waals surface area contributed by atoms with E-state index in [0.29, 0.717) is 16.3 Å². The van der Waals surface area contributed by atoms with Crippen LogP contribution in [-0.2, 0) is 0 Å². The number of fused-ring (bicyclic) bond motifs is 2. The summed E-state index contributed by atoms with van der Waals surface area (Å²) in [5.74, 6) is 0.684. The minimum absolute atomic E-state index is 0.207. The Hall–Kier alpha value is -2.87. The molecule has 0 aromatic heterocycles. The van der Waals surface area contributed by atoms with Crippen LogP contribution in [0, 0.1) is 0 Å². The van der Waals surface area contributed by atoms with Crippen LogP contribution in [0.2, 0.25) is 5.02 Å². The van der Waals surface area contributed by atoms with Gasteiger partial charge in [0.1, 0.15) is 5.84 Å². The van der Waals surface area contributed by atoms with Crippen LogP contribution >= 0.6 is 27.5 Å². The van der Waals surface area contributed by atoms with E-state index in [1.807, 2.05) is 53.5 Å². The molecule has 2 aliphatic rings. The maximum absolute atomic E-state index is 13.2. The predicted molar refractivity (Wildman–Crippen MR) is 137 cm³/mol. The third-order valence-corrected chi connectivity index (χ3v) is 6.68. The summed E-state index contributed by atoms with van der Waals surface area (Å²) in [5, 5.41) is 2.41. The SMILES string of the molecule is CN1CCN(C2=Nc3cc(Cl)ccc3N(NC(=O)c3ccc(Br)cc3)c3ccccc32)CC1. The average molecular weight is 525 g/mol. The summed E-state index contributed by atoms with van der Waals surface area (Å²) < 4.78 is 0.921. The first-order valence-electron chi connectivity index (χ1n) is 10.8. The first kappa shape index (κ1) is 21.9. The first-order chi connectivity index (χ1) is 16.0. The Kier molecular flexibility index (Phi) is 6.10. The van der Waals surface area contributed by atoms with Crippen LogP contribution in [-0.4, -0.2) is 54.8 Å². The highest BCUT2D eigenvalue weighted by Gasteiger charge is 2.28. The Balaban J connectivity index is 1.60. The van der Waals surface area contributed by atoms with Gasteiger partial charge in [0.15, 0.2) is 0 Å². The Labute approximate surface area is 206 Å². The summed E-state index contributed by atoms with van der Waals surface area (Å²) in [7, 11) is 2.13. The Bertz CT molecular complexity index is 1220. The van der Waals surface area contributed by atoms with Gasteiger partial charge < -0.3 is 9.80 Å². The predicted octanol–water partition coefficient (Wildman–Crippen LogP) is 5.22. The van der Waals surface area contributed by atoms with Gasteiger partial charge in [-0.3, -0.25) is 15.2 Å². The number of benzene rings is 3. The number of amides is 1. The molecule has 1 fully saturated rings. The number of para-hydroxylation sites is 1. The second-order valence-corrected chi connectivity index (χ2v) is 9.51. The molecule has 6 nitrogen and oxygen atoms in total. The number of hydrogen-bond donors (Lipinski definition) is 1. The summed E-state index contributed by atoms with van der Waals surface area (Å²) in [4.78, 5) is 22.9. The van der Waals surface area contributed by atoms with Gasteiger partial charge in [0.05, 0.1) is 17.1 Å². The molecule has 0 saturated carbocycles. The van der Waals surface area contributed by atoms with Gasteiger partial charge in [0.2, 0.25) is 0 Å². The van der Waals surface area contributed by atoms with Crippen molar-refractivity contribution in [3.05, 3.63) is 87.4 Å². The topological polar surface area (TPSA) is 51.2 Å². The Morgan fingerprint density at radius 3 is 2.45 bits per heavy atom. The Morgan fingerprint density at radius 1 is 0.970 bits per heavy atom. The van der Waals surface area contributed by atoms with E-state index in [1.54, 1.807) is 12.1 Å². The zero-order valence-corrected chi connectivity index (χ0v) is 20.5. The number of nitrogens with zero attached hydrogens (tertiary/aromatic N) is 4. The molecule has 0 spiro atoms. The zero-order valence-electron chi connectivity index (χ0n) is 18.1. The number of halogens is 2.